The van der Waals surface area contributed by atoms with Gasteiger partial charge in [-0.05, 0) is 80.7 Å². The van der Waals surface area contributed by atoms with E-state index in [0.29, 0.717) is 5.92 Å². The van der Waals surface area contributed by atoms with Crippen LogP contribution in [0.25, 0.3) is 0 Å². The summed E-state index contributed by atoms with van der Waals surface area (Å²) < 4.78 is 0.883. The Kier molecular flexibility index (Phi) is 5.82. The van der Waals surface area contributed by atoms with Crippen molar-refractivity contribution in [1.29, 1.82) is 0 Å². The van der Waals surface area contributed by atoms with Crippen LogP contribution in [-0.2, 0) is 0 Å². The zero-order valence-corrected chi connectivity index (χ0v) is 14.7. The van der Waals surface area contributed by atoms with E-state index in [-0.39, 0.29) is 11.9 Å². The second kappa shape index (κ2) is 7.41. The highest BCUT2D eigenvalue weighted by molar-refractivity contribution is 9.10. The normalized spacial score (nSPS) is 16.2. The summed E-state index contributed by atoms with van der Waals surface area (Å²) in [5.74, 6) is 0.750. The average molecular weight is 353 g/mol. The van der Waals surface area contributed by atoms with E-state index in [0.717, 1.165) is 48.1 Å². The number of carbonyl (C=O) groups excluding carboxylic acids is 1. The third kappa shape index (κ3) is 4.30. The molecule has 0 unspecified atom stereocenters. The third-order valence-corrected chi connectivity index (χ3v) is 4.84. The number of nitrogens with zero attached hydrogens (tertiary/aromatic N) is 1. The fraction of sp³-hybridized carbons (Fsp3) is 0.588. The van der Waals surface area contributed by atoms with Gasteiger partial charge in [0, 0.05) is 17.1 Å². The summed E-state index contributed by atoms with van der Waals surface area (Å²) >= 11 is 3.52. The van der Waals surface area contributed by atoms with Crippen LogP contribution in [0.2, 0.25) is 0 Å². The van der Waals surface area contributed by atoms with E-state index in [4.69, 9.17) is 0 Å². The minimum absolute atomic E-state index is 0.138. The number of hydrogen-bond donors (Lipinski definition) is 1. The maximum Gasteiger partial charge on any atom is 0.255 e. The van der Waals surface area contributed by atoms with Crippen molar-refractivity contribution < 1.29 is 4.79 Å². The van der Waals surface area contributed by atoms with Gasteiger partial charge in [0.2, 0.25) is 0 Å². The number of amides is 1. The van der Waals surface area contributed by atoms with Crippen LogP contribution in [0.4, 0.5) is 0 Å². The highest BCUT2D eigenvalue weighted by Gasteiger charge is 2.25. The molecule has 1 aliphatic heterocycles. The molecule has 1 aromatic rings. The Bertz CT molecular complexity index is 496. The molecule has 0 radical (unpaired) electrons. The van der Waals surface area contributed by atoms with Gasteiger partial charge in [-0.15, -0.1) is 0 Å². The van der Waals surface area contributed by atoms with Crippen molar-refractivity contribution in [2.45, 2.75) is 39.7 Å². The third-order valence-electron chi connectivity index (χ3n) is 4.15. The Labute approximate surface area is 136 Å². The van der Waals surface area contributed by atoms with Crippen LogP contribution in [0.3, 0.4) is 0 Å². The summed E-state index contributed by atoms with van der Waals surface area (Å²) in [4.78, 5) is 14.9. The predicted molar refractivity (Wildman–Crippen MR) is 90.6 cm³/mol. The van der Waals surface area contributed by atoms with Crippen molar-refractivity contribution >= 4 is 21.8 Å². The predicted octanol–water partition coefficient (Wildman–Crippen LogP) is 3.61. The molecule has 21 heavy (non-hydrogen) atoms. The molecule has 0 spiro atoms. The van der Waals surface area contributed by atoms with E-state index in [1.54, 1.807) is 0 Å². The van der Waals surface area contributed by atoms with Gasteiger partial charge < -0.3 is 10.2 Å². The van der Waals surface area contributed by atoms with Crippen molar-refractivity contribution in [3.8, 4) is 0 Å². The number of piperidine rings is 1. The first-order chi connectivity index (χ1) is 9.99. The molecule has 1 heterocycles. The lowest BCUT2D eigenvalue weighted by atomic mass is 9.96. The van der Waals surface area contributed by atoms with Crippen molar-refractivity contribution in [3.63, 3.8) is 0 Å². The van der Waals surface area contributed by atoms with Crippen molar-refractivity contribution in [2.75, 3.05) is 19.6 Å². The van der Waals surface area contributed by atoms with Crippen LogP contribution in [-0.4, -0.2) is 36.5 Å². The molecule has 2 rings (SSSR count). The van der Waals surface area contributed by atoms with E-state index in [9.17, 15) is 4.79 Å². The molecule has 1 saturated heterocycles. The van der Waals surface area contributed by atoms with Gasteiger partial charge in [-0.3, -0.25) is 4.79 Å². The Balaban J connectivity index is 2.16. The minimum atomic E-state index is 0.138. The first kappa shape index (κ1) is 16.5. The van der Waals surface area contributed by atoms with Crippen LogP contribution in [0.1, 0.15) is 42.6 Å². The molecule has 0 aliphatic carbocycles. The van der Waals surface area contributed by atoms with E-state index >= 15 is 0 Å². The van der Waals surface area contributed by atoms with Gasteiger partial charge in [0.1, 0.15) is 0 Å². The largest absolute Gasteiger partial charge is 0.336 e. The number of hydrogen-bond acceptors (Lipinski definition) is 2. The van der Waals surface area contributed by atoms with Crippen molar-refractivity contribution in [2.24, 2.45) is 5.92 Å². The Morgan fingerprint density at radius 1 is 1.38 bits per heavy atom. The average Bonchev–Trinajstić information content (AvgIpc) is 2.47. The summed E-state index contributed by atoms with van der Waals surface area (Å²) in [6, 6.07) is 6.18. The second-order valence-electron chi connectivity index (χ2n) is 6.23. The Morgan fingerprint density at radius 2 is 2.05 bits per heavy atom. The number of aryl methyl sites for hydroxylation is 1. The van der Waals surface area contributed by atoms with Crippen LogP contribution >= 0.6 is 15.9 Å². The molecule has 1 amide bonds. The van der Waals surface area contributed by atoms with E-state index < -0.39 is 0 Å². The molecular formula is C17H25BrN2O. The molecule has 1 aromatic carbocycles. The number of nitrogens with one attached hydrogen (secondary N) is 1. The molecule has 1 aliphatic rings. The van der Waals surface area contributed by atoms with E-state index in [1.165, 1.54) is 0 Å². The highest BCUT2D eigenvalue weighted by Crippen LogP contribution is 2.23. The van der Waals surface area contributed by atoms with Crippen LogP contribution in [0.5, 0.6) is 0 Å². The first-order valence-electron chi connectivity index (χ1n) is 7.77. The fourth-order valence-electron chi connectivity index (χ4n) is 2.83. The molecule has 1 N–H and O–H groups in total. The summed E-state index contributed by atoms with van der Waals surface area (Å²) in [6.45, 7) is 9.22. The number of carbonyl (C=O) groups is 1. The Hall–Kier alpha value is -0.870. The van der Waals surface area contributed by atoms with Gasteiger partial charge >= 0.3 is 0 Å². The van der Waals surface area contributed by atoms with Crippen LogP contribution in [0.15, 0.2) is 22.7 Å². The Morgan fingerprint density at radius 3 is 2.67 bits per heavy atom. The molecule has 0 saturated carbocycles. The molecule has 0 atom stereocenters. The first-order valence-corrected chi connectivity index (χ1v) is 8.56. The number of halogens is 1. The quantitative estimate of drug-likeness (QED) is 0.897. The molecule has 1 fully saturated rings. The number of rotatable bonds is 4. The zero-order chi connectivity index (χ0) is 15.4. The van der Waals surface area contributed by atoms with E-state index in [1.807, 2.05) is 30.0 Å². The second-order valence-corrected chi connectivity index (χ2v) is 7.08. The summed E-state index contributed by atoms with van der Waals surface area (Å²) in [5.41, 5.74) is 1.89. The lowest BCUT2D eigenvalue weighted by Gasteiger charge is -2.33. The van der Waals surface area contributed by atoms with Gasteiger partial charge in [0.15, 0.2) is 0 Å². The smallest absolute Gasteiger partial charge is 0.255 e. The van der Waals surface area contributed by atoms with Gasteiger partial charge in [-0.25, -0.2) is 0 Å². The topological polar surface area (TPSA) is 32.3 Å². The van der Waals surface area contributed by atoms with Crippen LogP contribution in [0, 0.1) is 12.8 Å². The fourth-order valence-corrected chi connectivity index (χ4v) is 3.24. The lowest BCUT2D eigenvalue weighted by Crippen LogP contribution is -2.43. The minimum Gasteiger partial charge on any atom is -0.336 e. The SMILES string of the molecule is Cc1ccc(Br)c(C(=O)N(CC2CCNCC2)C(C)C)c1. The molecule has 0 bridgehead atoms. The highest BCUT2D eigenvalue weighted by atomic mass is 79.9. The summed E-state index contributed by atoms with van der Waals surface area (Å²) in [5, 5.41) is 3.38. The molecule has 116 valence electrons. The maximum atomic E-state index is 12.9. The van der Waals surface area contributed by atoms with Gasteiger partial charge in [-0.1, -0.05) is 11.6 Å². The summed E-state index contributed by atoms with van der Waals surface area (Å²) in [7, 11) is 0. The molecule has 3 nitrogen and oxygen atoms in total. The maximum absolute atomic E-state index is 12.9. The molecular weight excluding hydrogens is 328 g/mol. The zero-order valence-electron chi connectivity index (χ0n) is 13.2. The number of benzene rings is 1. The van der Waals surface area contributed by atoms with Gasteiger partial charge in [-0.2, -0.15) is 0 Å². The van der Waals surface area contributed by atoms with Gasteiger partial charge in [0.25, 0.3) is 5.91 Å². The molecule has 4 heteroatoms. The summed E-state index contributed by atoms with van der Waals surface area (Å²) in [6.07, 6.45) is 2.32. The lowest BCUT2D eigenvalue weighted by molar-refractivity contribution is 0.0657. The van der Waals surface area contributed by atoms with Crippen molar-refractivity contribution in [1.82, 2.24) is 10.2 Å². The molecule has 0 aromatic heterocycles. The van der Waals surface area contributed by atoms with Gasteiger partial charge in [0.05, 0.1) is 5.56 Å². The standard InChI is InChI=1S/C17H25BrN2O/c1-12(2)20(11-14-6-8-19-9-7-14)17(21)15-10-13(3)4-5-16(15)18/h4-5,10,12,14,19H,6-9,11H2,1-3H3. The van der Waals surface area contributed by atoms with E-state index in [2.05, 4.69) is 35.1 Å². The monoisotopic (exact) mass is 352 g/mol. The van der Waals surface area contributed by atoms with Crippen molar-refractivity contribution in [3.05, 3.63) is 33.8 Å². The van der Waals surface area contributed by atoms with Crippen LogP contribution < -0.4 is 5.32 Å².